The van der Waals surface area contributed by atoms with Crippen molar-refractivity contribution >= 4 is 35.1 Å². The van der Waals surface area contributed by atoms with Crippen molar-refractivity contribution in [3.8, 4) is 0 Å². The monoisotopic (exact) mass is 456 g/mol. The maximum atomic E-state index is 11.9. The third-order valence-corrected chi connectivity index (χ3v) is 5.86. The maximum absolute atomic E-state index is 11.9. The van der Waals surface area contributed by atoms with E-state index in [1.807, 2.05) is 51.4 Å². The van der Waals surface area contributed by atoms with Gasteiger partial charge >= 0.3 is 6.09 Å². The molecular weight excluding hydrogens is 424 g/mol. The Labute approximate surface area is 193 Å². The van der Waals surface area contributed by atoms with Gasteiger partial charge in [-0.05, 0) is 62.6 Å². The van der Waals surface area contributed by atoms with E-state index < -0.39 is 11.6 Å². The van der Waals surface area contributed by atoms with Crippen LogP contribution in [0.5, 0.6) is 0 Å². The third kappa shape index (κ3) is 4.82. The Morgan fingerprint density at radius 1 is 1.25 bits per heavy atom. The minimum absolute atomic E-state index is 0.299. The zero-order valence-corrected chi connectivity index (χ0v) is 20.6. The van der Waals surface area contributed by atoms with Crippen LogP contribution < -0.4 is 10.2 Å². The molecule has 0 aliphatic carbocycles. The standard InChI is InChI=1S/C23H32N6O2S/c1-8-15-9-10-17(28(22(30)31)23(4,5)6)11-16(15)12-24-20-27-21(32-7)26-19-18(14(2)3)13-25-29(19)20/h9-11,13-14H,8,12H2,1-7H3,(H,30,31)(H,24,26,27). The van der Waals surface area contributed by atoms with E-state index in [2.05, 4.69) is 41.2 Å². The van der Waals surface area contributed by atoms with E-state index in [-0.39, 0.29) is 0 Å². The van der Waals surface area contributed by atoms with Crippen LogP contribution in [0.4, 0.5) is 16.4 Å². The average molecular weight is 457 g/mol. The van der Waals surface area contributed by atoms with Gasteiger partial charge in [0, 0.05) is 23.3 Å². The molecule has 3 rings (SSSR count). The van der Waals surface area contributed by atoms with Gasteiger partial charge in [-0.3, -0.25) is 4.90 Å². The molecule has 9 heteroatoms. The molecule has 0 saturated carbocycles. The molecular formula is C23H32N6O2S. The zero-order valence-electron chi connectivity index (χ0n) is 19.8. The lowest BCUT2D eigenvalue weighted by atomic mass is 10.0. The fraction of sp³-hybridized carbons (Fsp3) is 0.478. The molecule has 1 aromatic carbocycles. The molecule has 0 unspecified atom stereocenters. The summed E-state index contributed by atoms with van der Waals surface area (Å²) in [4.78, 5) is 22.6. The number of aryl methyl sites for hydroxylation is 1. The Morgan fingerprint density at radius 3 is 2.53 bits per heavy atom. The minimum Gasteiger partial charge on any atom is -0.465 e. The van der Waals surface area contributed by atoms with Crippen LogP contribution in [-0.2, 0) is 13.0 Å². The van der Waals surface area contributed by atoms with Gasteiger partial charge in [-0.1, -0.05) is 38.6 Å². The number of carboxylic acid groups (broad SMARTS) is 1. The van der Waals surface area contributed by atoms with Crippen molar-refractivity contribution < 1.29 is 9.90 Å². The Bertz CT molecular complexity index is 1120. The molecule has 172 valence electrons. The van der Waals surface area contributed by atoms with Gasteiger partial charge in [0.05, 0.1) is 6.20 Å². The summed E-state index contributed by atoms with van der Waals surface area (Å²) in [5, 5.41) is 18.4. The summed E-state index contributed by atoms with van der Waals surface area (Å²) in [6.07, 6.45) is 3.66. The Hall–Kier alpha value is -2.81. The number of benzene rings is 1. The summed E-state index contributed by atoms with van der Waals surface area (Å²) in [6.45, 7) is 12.5. The van der Waals surface area contributed by atoms with Crippen LogP contribution in [0.15, 0.2) is 29.6 Å². The summed E-state index contributed by atoms with van der Waals surface area (Å²) in [7, 11) is 0. The Kier molecular flexibility index (Phi) is 6.97. The first-order chi connectivity index (χ1) is 15.1. The van der Waals surface area contributed by atoms with Crippen molar-refractivity contribution in [3.63, 3.8) is 0 Å². The smallest absolute Gasteiger partial charge is 0.412 e. The largest absolute Gasteiger partial charge is 0.465 e. The maximum Gasteiger partial charge on any atom is 0.412 e. The zero-order chi connectivity index (χ0) is 23.6. The summed E-state index contributed by atoms with van der Waals surface area (Å²) < 4.78 is 1.74. The van der Waals surface area contributed by atoms with Crippen LogP contribution in [0.2, 0.25) is 0 Å². The van der Waals surface area contributed by atoms with Crippen molar-refractivity contribution in [1.82, 2.24) is 19.6 Å². The average Bonchev–Trinajstić information content (AvgIpc) is 3.15. The highest BCUT2D eigenvalue weighted by Gasteiger charge is 2.28. The minimum atomic E-state index is -0.972. The quantitative estimate of drug-likeness (QED) is 0.458. The molecule has 0 saturated heterocycles. The molecule has 0 spiro atoms. The fourth-order valence-corrected chi connectivity index (χ4v) is 4.06. The van der Waals surface area contributed by atoms with Gasteiger partial charge in [-0.25, -0.2) is 9.78 Å². The Balaban J connectivity index is 1.99. The molecule has 8 nitrogen and oxygen atoms in total. The van der Waals surface area contributed by atoms with E-state index in [1.54, 1.807) is 4.52 Å². The molecule has 0 radical (unpaired) electrons. The topological polar surface area (TPSA) is 95.7 Å². The second-order valence-corrected chi connectivity index (χ2v) is 9.75. The lowest BCUT2D eigenvalue weighted by Crippen LogP contribution is -2.45. The number of hydrogen-bond acceptors (Lipinski definition) is 6. The molecule has 0 bridgehead atoms. The van der Waals surface area contributed by atoms with Crippen molar-refractivity contribution in [1.29, 1.82) is 0 Å². The molecule has 3 aromatic rings. The highest BCUT2D eigenvalue weighted by molar-refractivity contribution is 7.98. The second-order valence-electron chi connectivity index (χ2n) is 8.97. The number of rotatable bonds is 7. The van der Waals surface area contributed by atoms with E-state index in [0.29, 0.717) is 29.3 Å². The van der Waals surface area contributed by atoms with Crippen LogP contribution in [0, 0.1) is 0 Å². The molecule has 0 aliphatic heterocycles. The molecule has 0 atom stereocenters. The van der Waals surface area contributed by atoms with Gasteiger partial charge in [0.1, 0.15) is 0 Å². The van der Waals surface area contributed by atoms with E-state index in [4.69, 9.17) is 0 Å². The van der Waals surface area contributed by atoms with Gasteiger partial charge in [-0.2, -0.15) is 14.6 Å². The van der Waals surface area contributed by atoms with E-state index in [9.17, 15) is 9.90 Å². The molecule has 2 aromatic heterocycles. The van der Waals surface area contributed by atoms with Crippen LogP contribution in [0.25, 0.3) is 5.65 Å². The van der Waals surface area contributed by atoms with Crippen LogP contribution in [0.1, 0.15) is 64.2 Å². The Morgan fingerprint density at radius 2 is 1.97 bits per heavy atom. The van der Waals surface area contributed by atoms with Crippen LogP contribution in [-0.4, -0.2) is 42.6 Å². The normalized spacial score (nSPS) is 11.9. The second kappa shape index (κ2) is 9.36. The summed E-state index contributed by atoms with van der Waals surface area (Å²) in [6, 6.07) is 5.82. The molecule has 1 amide bonds. The fourth-order valence-electron chi connectivity index (χ4n) is 3.71. The lowest BCUT2D eigenvalue weighted by molar-refractivity contribution is 0.195. The van der Waals surface area contributed by atoms with E-state index >= 15 is 0 Å². The molecule has 0 aliphatic rings. The van der Waals surface area contributed by atoms with E-state index in [1.165, 1.54) is 16.7 Å². The molecule has 2 N–H and O–H groups in total. The lowest BCUT2D eigenvalue weighted by Gasteiger charge is -2.33. The van der Waals surface area contributed by atoms with Crippen LogP contribution >= 0.6 is 11.8 Å². The predicted molar refractivity (Wildman–Crippen MR) is 130 cm³/mol. The van der Waals surface area contributed by atoms with Crippen molar-refractivity contribution in [2.45, 2.75) is 71.1 Å². The van der Waals surface area contributed by atoms with Gasteiger partial charge in [0.15, 0.2) is 10.8 Å². The number of fused-ring (bicyclic) bond motifs is 1. The number of anilines is 2. The first-order valence-corrected chi connectivity index (χ1v) is 12.0. The number of carbonyl (C=O) groups is 1. The molecule has 0 fully saturated rings. The van der Waals surface area contributed by atoms with Gasteiger partial charge in [0.2, 0.25) is 5.95 Å². The molecule has 2 heterocycles. The summed E-state index contributed by atoms with van der Waals surface area (Å²) in [5.41, 5.74) is 4.14. The number of thioether (sulfide) groups is 1. The number of hydrogen-bond donors (Lipinski definition) is 2. The highest BCUT2D eigenvalue weighted by Crippen LogP contribution is 2.28. The van der Waals surface area contributed by atoms with Gasteiger partial charge < -0.3 is 10.4 Å². The first-order valence-electron chi connectivity index (χ1n) is 10.7. The molecule has 32 heavy (non-hydrogen) atoms. The van der Waals surface area contributed by atoms with E-state index in [0.717, 1.165) is 28.8 Å². The number of nitrogens with one attached hydrogen (secondary N) is 1. The summed E-state index contributed by atoms with van der Waals surface area (Å²) >= 11 is 1.49. The summed E-state index contributed by atoms with van der Waals surface area (Å²) in [5.74, 6) is 0.914. The first kappa shape index (κ1) is 23.8. The van der Waals surface area contributed by atoms with Crippen LogP contribution in [0.3, 0.4) is 0 Å². The number of nitrogens with zero attached hydrogens (tertiary/aromatic N) is 5. The number of amides is 1. The van der Waals surface area contributed by atoms with Crippen molar-refractivity contribution in [2.75, 3.05) is 16.5 Å². The SMILES string of the molecule is CCc1ccc(N(C(=O)O)C(C)(C)C)cc1CNc1nc(SC)nc2c(C(C)C)cnn12. The number of aromatic nitrogens is 4. The predicted octanol–water partition coefficient (Wildman–Crippen LogP) is 5.43. The third-order valence-electron chi connectivity index (χ3n) is 5.31. The highest BCUT2D eigenvalue weighted by atomic mass is 32.2. The van der Waals surface area contributed by atoms with Gasteiger partial charge in [0.25, 0.3) is 0 Å². The van der Waals surface area contributed by atoms with Crippen molar-refractivity contribution in [3.05, 3.63) is 41.1 Å². The van der Waals surface area contributed by atoms with Crippen molar-refractivity contribution in [2.24, 2.45) is 0 Å². The van der Waals surface area contributed by atoms with Gasteiger partial charge in [-0.15, -0.1) is 0 Å².